The average Bonchev–Trinajstić information content (AvgIpc) is 3.07. The zero-order valence-corrected chi connectivity index (χ0v) is 29.6. The van der Waals surface area contributed by atoms with Crippen LogP contribution in [-0.2, 0) is 10.2 Å². The van der Waals surface area contributed by atoms with Crippen LogP contribution < -0.4 is 20.5 Å². The Labute approximate surface area is 273 Å². The monoisotopic (exact) mass is 616 g/mol. The SMILES string of the molecule is C=O.CC.CC.CN.COc1ccc(Nc2ccc(OC(=O)c3ccc(C)cc3)cc2)cc1C(C)(C)C.Cc1ccc(C)cc1. The lowest BCUT2D eigenvalue weighted by Gasteiger charge is -2.23. The smallest absolute Gasteiger partial charge is 0.343 e. The number of anilines is 2. The largest absolute Gasteiger partial charge is 0.496 e. The molecule has 0 bridgehead atoms. The van der Waals surface area contributed by atoms with Gasteiger partial charge in [0.25, 0.3) is 0 Å². The highest BCUT2D eigenvalue weighted by atomic mass is 16.5. The molecule has 0 aliphatic rings. The van der Waals surface area contributed by atoms with Crippen molar-refractivity contribution >= 4 is 24.1 Å². The molecule has 6 heteroatoms. The van der Waals surface area contributed by atoms with Gasteiger partial charge in [-0.1, -0.05) is 102 Å². The normalized spacial score (nSPS) is 9.27. The molecule has 4 aromatic rings. The van der Waals surface area contributed by atoms with E-state index in [-0.39, 0.29) is 11.4 Å². The summed E-state index contributed by atoms with van der Waals surface area (Å²) in [6, 6.07) is 29.2. The number of aryl methyl sites for hydroxylation is 3. The van der Waals surface area contributed by atoms with Crippen LogP contribution >= 0.6 is 0 Å². The highest BCUT2D eigenvalue weighted by Crippen LogP contribution is 2.34. The lowest BCUT2D eigenvalue weighted by Crippen LogP contribution is -2.13. The lowest BCUT2D eigenvalue weighted by atomic mass is 9.86. The van der Waals surface area contributed by atoms with Crippen molar-refractivity contribution in [3.05, 3.63) is 119 Å². The summed E-state index contributed by atoms with van der Waals surface area (Å²) in [6.07, 6.45) is 0. The number of nitrogens with two attached hydrogens (primary N) is 1. The van der Waals surface area contributed by atoms with Crippen molar-refractivity contribution in [1.29, 1.82) is 0 Å². The van der Waals surface area contributed by atoms with Crippen LogP contribution in [0.25, 0.3) is 0 Å². The summed E-state index contributed by atoms with van der Waals surface area (Å²) in [4.78, 5) is 20.2. The van der Waals surface area contributed by atoms with Crippen LogP contribution in [0.4, 0.5) is 11.4 Å². The van der Waals surface area contributed by atoms with Gasteiger partial charge < -0.3 is 25.3 Å². The molecule has 0 unspecified atom stereocenters. The maximum absolute atomic E-state index is 12.2. The summed E-state index contributed by atoms with van der Waals surface area (Å²) < 4.78 is 11.0. The second kappa shape index (κ2) is 24.0. The molecule has 0 saturated carbocycles. The second-order valence-electron chi connectivity index (χ2n) is 10.2. The zero-order valence-electron chi connectivity index (χ0n) is 29.6. The van der Waals surface area contributed by atoms with Gasteiger partial charge in [-0.05, 0) is 87.8 Å². The van der Waals surface area contributed by atoms with E-state index in [0.717, 1.165) is 28.3 Å². The Hall–Kier alpha value is -4.42. The highest BCUT2D eigenvalue weighted by molar-refractivity contribution is 5.91. The second-order valence-corrected chi connectivity index (χ2v) is 10.2. The molecule has 0 fully saturated rings. The fourth-order valence-electron chi connectivity index (χ4n) is 3.64. The van der Waals surface area contributed by atoms with E-state index in [1.54, 1.807) is 31.4 Å². The fraction of sp³-hybridized carbons (Fsp3) is 0.333. The van der Waals surface area contributed by atoms with Crippen LogP contribution in [0.2, 0.25) is 0 Å². The molecule has 45 heavy (non-hydrogen) atoms. The molecule has 6 nitrogen and oxygen atoms in total. The standard InChI is InChI=1S/C25H27NO3.C8H10.2C2H6.CH5N.CH2O/c1-17-6-8-18(9-7-17)24(27)29-21-13-10-19(11-14-21)26-20-12-15-23(28-5)22(16-20)25(2,3)4;1-7-3-5-8(2)6-4-7;4*1-2/h6-16,26H,1-5H3;3-6H,1-2H3;2*1-2H3;2H2,1H3;1H2. The topological polar surface area (TPSA) is 90.7 Å². The molecule has 0 saturated heterocycles. The number of carbonyl (C=O) groups is 2. The van der Waals surface area contributed by atoms with Crippen molar-refractivity contribution in [1.82, 2.24) is 0 Å². The van der Waals surface area contributed by atoms with Gasteiger partial charge in [-0.3, -0.25) is 0 Å². The molecule has 4 rings (SSSR count). The van der Waals surface area contributed by atoms with E-state index in [9.17, 15) is 4.79 Å². The van der Waals surface area contributed by atoms with Crippen LogP contribution in [0.15, 0.2) is 91.0 Å². The Balaban J connectivity index is 0. The molecule has 0 heterocycles. The van der Waals surface area contributed by atoms with Gasteiger partial charge in [0.2, 0.25) is 0 Å². The van der Waals surface area contributed by atoms with Crippen LogP contribution in [0.1, 0.15) is 81.1 Å². The van der Waals surface area contributed by atoms with E-state index in [4.69, 9.17) is 14.3 Å². The third kappa shape index (κ3) is 16.3. The summed E-state index contributed by atoms with van der Waals surface area (Å²) in [6.45, 7) is 22.6. The van der Waals surface area contributed by atoms with E-state index in [0.29, 0.717) is 11.3 Å². The number of methoxy groups -OCH3 is 1. The van der Waals surface area contributed by atoms with Crippen molar-refractivity contribution in [3.63, 3.8) is 0 Å². The number of carbonyl (C=O) groups excluding carboxylic acids is 2. The van der Waals surface area contributed by atoms with E-state index < -0.39 is 0 Å². The maximum atomic E-state index is 12.2. The van der Waals surface area contributed by atoms with Crippen molar-refractivity contribution in [2.24, 2.45) is 5.73 Å². The first kappa shape index (κ1) is 42.7. The predicted molar refractivity (Wildman–Crippen MR) is 193 cm³/mol. The first-order valence-corrected chi connectivity index (χ1v) is 15.3. The van der Waals surface area contributed by atoms with E-state index in [1.807, 2.05) is 77.8 Å². The van der Waals surface area contributed by atoms with Crippen molar-refractivity contribution in [3.8, 4) is 11.5 Å². The summed E-state index contributed by atoms with van der Waals surface area (Å²) in [5.41, 5.74) is 11.8. The predicted octanol–water partition coefficient (Wildman–Crippen LogP) is 10.0. The molecule has 0 aromatic heterocycles. The lowest BCUT2D eigenvalue weighted by molar-refractivity contribution is -0.0980. The number of ether oxygens (including phenoxy) is 2. The van der Waals surface area contributed by atoms with Crippen LogP contribution in [-0.4, -0.2) is 26.9 Å². The van der Waals surface area contributed by atoms with Gasteiger partial charge in [0.05, 0.1) is 12.7 Å². The van der Waals surface area contributed by atoms with Gasteiger partial charge in [0.1, 0.15) is 18.3 Å². The molecule has 4 aromatic carbocycles. The van der Waals surface area contributed by atoms with Gasteiger partial charge in [-0.2, -0.15) is 0 Å². The van der Waals surface area contributed by atoms with Crippen molar-refractivity contribution < 1.29 is 19.1 Å². The zero-order chi connectivity index (χ0) is 35.0. The molecule has 0 aliphatic carbocycles. The first-order chi connectivity index (χ1) is 21.5. The summed E-state index contributed by atoms with van der Waals surface area (Å²) >= 11 is 0. The van der Waals surface area contributed by atoms with Gasteiger partial charge in [0.15, 0.2) is 0 Å². The Kier molecular flexibility index (Phi) is 22.7. The van der Waals surface area contributed by atoms with E-state index in [1.165, 1.54) is 18.2 Å². The Morgan fingerprint density at radius 3 is 1.47 bits per heavy atom. The van der Waals surface area contributed by atoms with Crippen molar-refractivity contribution in [2.75, 3.05) is 19.5 Å². The third-order valence-electron chi connectivity index (χ3n) is 5.87. The molecule has 0 amide bonds. The number of esters is 1. The minimum atomic E-state index is -0.365. The minimum absolute atomic E-state index is 0.0307. The summed E-state index contributed by atoms with van der Waals surface area (Å²) in [7, 11) is 3.19. The van der Waals surface area contributed by atoms with Crippen LogP contribution in [0, 0.1) is 20.8 Å². The van der Waals surface area contributed by atoms with Gasteiger partial charge in [0, 0.05) is 16.9 Å². The number of hydrogen-bond donors (Lipinski definition) is 2. The number of nitrogens with one attached hydrogen (secondary N) is 1. The number of rotatable bonds is 5. The minimum Gasteiger partial charge on any atom is -0.496 e. The van der Waals surface area contributed by atoms with E-state index in [2.05, 4.69) is 76.0 Å². The molecule has 0 aliphatic heterocycles. The highest BCUT2D eigenvalue weighted by Gasteiger charge is 2.19. The van der Waals surface area contributed by atoms with Gasteiger partial charge >= 0.3 is 5.97 Å². The molecular formula is C39H56N2O4. The number of benzene rings is 4. The van der Waals surface area contributed by atoms with Gasteiger partial charge in [-0.25, -0.2) is 4.79 Å². The fourth-order valence-corrected chi connectivity index (χ4v) is 3.64. The molecule has 0 spiro atoms. The van der Waals surface area contributed by atoms with Crippen LogP contribution in [0.5, 0.6) is 11.5 Å². The summed E-state index contributed by atoms with van der Waals surface area (Å²) in [5, 5.41) is 3.39. The molecule has 0 atom stereocenters. The van der Waals surface area contributed by atoms with Gasteiger partial charge in [-0.15, -0.1) is 0 Å². The Morgan fingerprint density at radius 1 is 0.667 bits per heavy atom. The van der Waals surface area contributed by atoms with Crippen LogP contribution in [0.3, 0.4) is 0 Å². The average molecular weight is 617 g/mol. The maximum Gasteiger partial charge on any atom is 0.343 e. The first-order valence-electron chi connectivity index (χ1n) is 15.3. The molecule has 3 N–H and O–H groups in total. The Bertz CT molecular complexity index is 1300. The molecular weight excluding hydrogens is 560 g/mol. The Morgan fingerprint density at radius 2 is 1.07 bits per heavy atom. The van der Waals surface area contributed by atoms with Crippen molar-refractivity contribution in [2.45, 2.75) is 74.7 Å². The van der Waals surface area contributed by atoms with E-state index >= 15 is 0 Å². The quantitative estimate of drug-likeness (QED) is 0.171. The summed E-state index contributed by atoms with van der Waals surface area (Å²) in [5.74, 6) is 1.02. The third-order valence-corrected chi connectivity index (χ3v) is 5.87. The molecule has 0 radical (unpaired) electrons. The molecule has 246 valence electrons. The number of hydrogen-bond acceptors (Lipinski definition) is 6.